The molecule has 1 aliphatic heterocycles. The normalized spacial score (nSPS) is 15.8. The molecule has 0 N–H and O–H groups in total. The van der Waals surface area contributed by atoms with Crippen molar-refractivity contribution in [3.63, 3.8) is 0 Å². The number of para-hydroxylation sites is 1. The van der Waals surface area contributed by atoms with Gasteiger partial charge in [-0.15, -0.1) is 0 Å². The van der Waals surface area contributed by atoms with Crippen LogP contribution in [0.4, 0.5) is 0 Å². The average molecular weight is 480 g/mol. The standard InChI is InChI=1S/C30H29N3O3/c1-36-26-12-7-10-23(18-26)19-33-25(16-14-22-8-3-2-4-9-22)20-32(21-29(33)34)30(35)28-17-15-24-11-5-6-13-27(24)31-28/h2-13,15,17-18,25H,14,16,19-21H2,1H3/t25-/m0/s1. The molecule has 182 valence electrons. The van der Waals surface area contributed by atoms with Gasteiger partial charge < -0.3 is 14.5 Å². The number of ether oxygens (including phenoxy) is 1. The van der Waals surface area contributed by atoms with Crippen molar-refractivity contribution in [2.45, 2.75) is 25.4 Å². The molecule has 3 aromatic carbocycles. The lowest BCUT2D eigenvalue weighted by atomic mass is 10.0. The maximum absolute atomic E-state index is 13.4. The van der Waals surface area contributed by atoms with E-state index in [4.69, 9.17) is 4.74 Å². The van der Waals surface area contributed by atoms with E-state index in [1.165, 1.54) is 5.56 Å². The van der Waals surface area contributed by atoms with Gasteiger partial charge in [0.15, 0.2) is 0 Å². The molecule has 0 unspecified atom stereocenters. The highest BCUT2D eigenvalue weighted by Gasteiger charge is 2.35. The number of aryl methyl sites for hydroxylation is 1. The summed E-state index contributed by atoms with van der Waals surface area (Å²) in [5, 5.41) is 0.981. The van der Waals surface area contributed by atoms with Crippen molar-refractivity contribution in [3.8, 4) is 5.75 Å². The predicted octanol–water partition coefficient (Wildman–Crippen LogP) is 4.73. The van der Waals surface area contributed by atoms with Gasteiger partial charge in [0, 0.05) is 18.5 Å². The highest BCUT2D eigenvalue weighted by molar-refractivity contribution is 5.97. The molecule has 1 fully saturated rings. The van der Waals surface area contributed by atoms with E-state index in [1.807, 2.05) is 77.7 Å². The molecular formula is C30H29N3O3. The van der Waals surface area contributed by atoms with Crippen LogP contribution in [0.5, 0.6) is 5.75 Å². The molecular weight excluding hydrogens is 450 g/mol. The largest absolute Gasteiger partial charge is 0.497 e. The van der Waals surface area contributed by atoms with E-state index in [0.717, 1.165) is 35.1 Å². The van der Waals surface area contributed by atoms with Crippen LogP contribution in [0.3, 0.4) is 0 Å². The second kappa shape index (κ2) is 10.6. The SMILES string of the molecule is COc1cccc(CN2C(=O)CN(C(=O)c3ccc4ccccc4n3)C[C@@H]2CCc2ccccc2)c1. The van der Waals surface area contributed by atoms with Gasteiger partial charge in [-0.25, -0.2) is 4.98 Å². The summed E-state index contributed by atoms with van der Waals surface area (Å²) in [4.78, 5) is 35.0. The second-order valence-corrected chi connectivity index (χ2v) is 9.13. The lowest BCUT2D eigenvalue weighted by Crippen LogP contribution is -2.57. The van der Waals surface area contributed by atoms with Crippen LogP contribution in [0.25, 0.3) is 10.9 Å². The maximum atomic E-state index is 13.4. The number of hydrogen-bond donors (Lipinski definition) is 0. The molecule has 6 heteroatoms. The zero-order chi connectivity index (χ0) is 24.9. The lowest BCUT2D eigenvalue weighted by Gasteiger charge is -2.41. The zero-order valence-corrected chi connectivity index (χ0v) is 20.3. The van der Waals surface area contributed by atoms with Crippen molar-refractivity contribution in [3.05, 3.63) is 108 Å². The van der Waals surface area contributed by atoms with Crippen LogP contribution in [0.2, 0.25) is 0 Å². The lowest BCUT2D eigenvalue weighted by molar-refractivity contribution is -0.139. The summed E-state index contributed by atoms with van der Waals surface area (Å²) in [6.45, 7) is 0.987. The molecule has 1 saturated heterocycles. The van der Waals surface area contributed by atoms with Gasteiger partial charge >= 0.3 is 0 Å². The number of hydrogen-bond acceptors (Lipinski definition) is 4. The first-order valence-corrected chi connectivity index (χ1v) is 12.2. The molecule has 6 nitrogen and oxygen atoms in total. The number of carbonyl (C=O) groups excluding carboxylic acids is 2. The van der Waals surface area contributed by atoms with Crippen LogP contribution in [0.15, 0.2) is 91.0 Å². The summed E-state index contributed by atoms with van der Waals surface area (Å²) in [5.74, 6) is 0.494. The van der Waals surface area contributed by atoms with Gasteiger partial charge in [0.05, 0.1) is 18.7 Å². The third-order valence-electron chi connectivity index (χ3n) is 6.72. The summed E-state index contributed by atoms with van der Waals surface area (Å²) >= 11 is 0. The molecule has 36 heavy (non-hydrogen) atoms. The Morgan fingerprint density at radius 3 is 2.56 bits per heavy atom. The van der Waals surface area contributed by atoms with Crippen LogP contribution in [-0.2, 0) is 17.8 Å². The molecule has 4 aromatic rings. The Kier molecular flexibility index (Phi) is 6.94. The summed E-state index contributed by atoms with van der Waals surface area (Å²) < 4.78 is 5.37. The molecule has 2 amide bonds. The topological polar surface area (TPSA) is 62.7 Å². The number of piperazine rings is 1. The van der Waals surface area contributed by atoms with Crippen molar-refractivity contribution >= 4 is 22.7 Å². The summed E-state index contributed by atoms with van der Waals surface area (Å²) in [6.07, 6.45) is 1.58. The van der Waals surface area contributed by atoms with Gasteiger partial charge in [0.2, 0.25) is 5.91 Å². The Hall–Kier alpha value is -4.19. The first-order chi connectivity index (χ1) is 17.6. The Morgan fingerprint density at radius 1 is 0.944 bits per heavy atom. The fourth-order valence-corrected chi connectivity index (χ4v) is 4.79. The zero-order valence-electron chi connectivity index (χ0n) is 20.3. The number of amides is 2. The quantitative estimate of drug-likeness (QED) is 0.385. The third-order valence-corrected chi connectivity index (χ3v) is 6.72. The Bertz CT molecular complexity index is 1370. The van der Waals surface area contributed by atoms with Gasteiger partial charge in [-0.05, 0) is 48.2 Å². The number of nitrogens with zero attached hydrogens (tertiary/aromatic N) is 3. The molecule has 1 aliphatic rings. The van der Waals surface area contributed by atoms with E-state index in [9.17, 15) is 9.59 Å². The minimum atomic E-state index is -0.208. The number of pyridine rings is 1. The van der Waals surface area contributed by atoms with Gasteiger partial charge in [-0.1, -0.05) is 66.7 Å². The Labute approximate surface area is 211 Å². The number of methoxy groups -OCH3 is 1. The molecule has 1 aromatic heterocycles. The average Bonchev–Trinajstić information content (AvgIpc) is 2.93. The van der Waals surface area contributed by atoms with E-state index < -0.39 is 0 Å². The van der Waals surface area contributed by atoms with Crippen LogP contribution < -0.4 is 4.74 Å². The fourth-order valence-electron chi connectivity index (χ4n) is 4.79. The van der Waals surface area contributed by atoms with Crippen molar-refractivity contribution in [2.24, 2.45) is 0 Å². The summed E-state index contributed by atoms with van der Waals surface area (Å²) in [5.41, 5.74) is 3.35. The van der Waals surface area contributed by atoms with Crippen molar-refractivity contribution < 1.29 is 14.3 Å². The van der Waals surface area contributed by atoms with Crippen molar-refractivity contribution in [1.82, 2.24) is 14.8 Å². The van der Waals surface area contributed by atoms with Crippen molar-refractivity contribution in [1.29, 1.82) is 0 Å². The van der Waals surface area contributed by atoms with E-state index in [2.05, 4.69) is 17.1 Å². The predicted molar refractivity (Wildman–Crippen MR) is 140 cm³/mol. The Morgan fingerprint density at radius 2 is 1.72 bits per heavy atom. The van der Waals surface area contributed by atoms with Crippen LogP contribution in [0.1, 0.15) is 28.0 Å². The number of rotatable bonds is 7. The van der Waals surface area contributed by atoms with Gasteiger partial charge in [-0.2, -0.15) is 0 Å². The fraction of sp³-hybridized carbons (Fsp3) is 0.233. The summed E-state index contributed by atoms with van der Waals surface area (Å²) in [7, 11) is 1.64. The number of aromatic nitrogens is 1. The smallest absolute Gasteiger partial charge is 0.273 e. The number of benzene rings is 3. The molecule has 1 atom stereocenters. The minimum Gasteiger partial charge on any atom is -0.497 e. The first kappa shape index (κ1) is 23.5. The van der Waals surface area contributed by atoms with E-state index >= 15 is 0 Å². The molecule has 0 radical (unpaired) electrons. The summed E-state index contributed by atoms with van der Waals surface area (Å²) in [6, 6.07) is 29.3. The monoisotopic (exact) mass is 479 g/mol. The molecule has 0 saturated carbocycles. The molecule has 2 heterocycles. The van der Waals surface area contributed by atoms with Crippen LogP contribution in [0, 0.1) is 0 Å². The molecule has 0 bridgehead atoms. The highest BCUT2D eigenvalue weighted by Crippen LogP contribution is 2.23. The van der Waals surface area contributed by atoms with Crippen molar-refractivity contribution in [2.75, 3.05) is 20.2 Å². The maximum Gasteiger partial charge on any atom is 0.273 e. The molecule has 0 spiro atoms. The number of fused-ring (bicyclic) bond motifs is 1. The Balaban J connectivity index is 1.38. The van der Waals surface area contributed by atoms with Gasteiger partial charge in [-0.3, -0.25) is 9.59 Å². The van der Waals surface area contributed by atoms with Gasteiger partial charge in [0.1, 0.15) is 18.0 Å². The second-order valence-electron chi connectivity index (χ2n) is 9.13. The van der Waals surface area contributed by atoms with E-state index in [1.54, 1.807) is 18.1 Å². The number of carbonyl (C=O) groups is 2. The highest BCUT2D eigenvalue weighted by atomic mass is 16.5. The van der Waals surface area contributed by atoms with Gasteiger partial charge in [0.25, 0.3) is 5.91 Å². The first-order valence-electron chi connectivity index (χ1n) is 12.2. The van der Waals surface area contributed by atoms with E-state index in [0.29, 0.717) is 18.8 Å². The van der Waals surface area contributed by atoms with E-state index in [-0.39, 0.29) is 24.4 Å². The minimum absolute atomic E-state index is 0.0408. The third kappa shape index (κ3) is 5.23. The van der Waals surface area contributed by atoms with Crippen LogP contribution >= 0.6 is 0 Å². The van der Waals surface area contributed by atoms with Crippen LogP contribution in [-0.4, -0.2) is 52.8 Å². The molecule has 5 rings (SSSR count). The molecule has 0 aliphatic carbocycles.